The van der Waals surface area contributed by atoms with Crippen molar-refractivity contribution >= 4 is 0 Å². The maximum atomic E-state index is 9.38. The Hall–Kier alpha value is -0.240. The van der Waals surface area contributed by atoms with Crippen molar-refractivity contribution in [2.45, 2.75) is 50.3 Å². The summed E-state index contributed by atoms with van der Waals surface area (Å²) in [6.45, 7) is 1.07. The largest absolute Gasteiger partial charge is 0.394 e. The van der Waals surface area contributed by atoms with E-state index in [1.807, 2.05) is 0 Å². The maximum Gasteiger partial charge on any atom is 0.111 e. The first-order valence-electron chi connectivity index (χ1n) is 4.96. The molecule has 0 aliphatic heterocycles. The highest BCUT2D eigenvalue weighted by atomic mass is 16.4. The molecule has 0 amide bonds. The molecule has 0 rings (SSSR count). The molecule has 0 radical (unpaired) electrons. The second-order valence-electron chi connectivity index (χ2n) is 3.58. The number of hydrogen-bond acceptors (Lipinski definition) is 6. The standard InChI is InChI=1S/C9H20O6/c1-2-3-5(11)7(13)9(15)8(14)6(12)4-10/h5-15H,2-4H2,1H3/t5?,6-,7+,8-,9-/m1/s1. The molecule has 0 aromatic rings. The van der Waals surface area contributed by atoms with E-state index in [4.69, 9.17) is 10.2 Å². The molecule has 0 aromatic heterocycles. The molecule has 0 aliphatic rings. The van der Waals surface area contributed by atoms with Crippen molar-refractivity contribution in [3.63, 3.8) is 0 Å². The molecule has 0 aromatic carbocycles. The van der Waals surface area contributed by atoms with Gasteiger partial charge in [-0.15, -0.1) is 0 Å². The molecule has 0 bridgehead atoms. The van der Waals surface area contributed by atoms with Crippen molar-refractivity contribution in [1.29, 1.82) is 0 Å². The summed E-state index contributed by atoms with van der Waals surface area (Å²) in [7, 11) is 0. The van der Waals surface area contributed by atoms with Crippen molar-refractivity contribution in [3.05, 3.63) is 0 Å². The van der Waals surface area contributed by atoms with Crippen LogP contribution in [-0.4, -0.2) is 67.8 Å². The van der Waals surface area contributed by atoms with E-state index in [1.165, 1.54) is 0 Å². The summed E-state index contributed by atoms with van der Waals surface area (Å²) in [5, 5.41) is 54.8. The minimum atomic E-state index is -1.69. The van der Waals surface area contributed by atoms with E-state index in [1.54, 1.807) is 6.92 Å². The molecular formula is C9H20O6. The van der Waals surface area contributed by atoms with Crippen LogP contribution in [0.5, 0.6) is 0 Å². The van der Waals surface area contributed by atoms with Gasteiger partial charge < -0.3 is 30.6 Å². The fraction of sp³-hybridized carbons (Fsp3) is 1.00. The predicted octanol–water partition coefficient (Wildman–Crippen LogP) is -2.42. The van der Waals surface area contributed by atoms with Gasteiger partial charge in [0.05, 0.1) is 12.7 Å². The lowest BCUT2D eigenvalue weighted by Gasteiger charge is -2.28. The van der Waals surface area contributed by atoms with Crippen LogP contribution in [0.2, 0.25) is 0 Å². The topological polar surface area (TPSA) is 121 Å². The number of rotatable bonds is 7. The van der Waals surface area contributed by atoms with E-state index in [0.717, 1.165) is 0 Å². The average Bonchev–Trinajstić information content (AvgIpc) is 2.25. The summed E-state index contributed by atoms with van der Waals surface area (Å²) in [6.07, 6.45) is -6.72. The van der Waals surface area contributed by atoms with Crippen LogP contribution in [0.3, 0.4) is 0 Å². The van der Waals surface area contributed by atoms with Crippen LogP contribution in [0.15, 0.2) is 0 Å². The minimum Gasteiger partial charge on any atom is -0.394 e. The molecule has 92 valence electrons. The Balaban J connectivity index is 4.22. The van der Waals surface area contributed by atoms with E-state index in [2.05, 4.69) is 0 Å². The molecular weight excluding hydrogens is 204 g/mol. The van der Waals surface area contributed by atoms with Crippen LogP contribution in [0, 0.1) is 0 Å². The lowest BCUT2D eigenvalue weighted by Crippen LogP contribution is -2.49. The second-order valence-corrected chi connectivity index (χ2v) is 3.58. The summed E-state index contributed by atoms with van der Waals surface area (Å²) in [4.78, 5) is 0. The van der Waals surface area contributed by atoms with E-state index >= 15 is 0 Å². The average molecular weight is 224 g/mol. The van der Waals surface area contributed by atoms with E-state index in [0.29, 0.717) is 6.42 Å². The molecule has 5 atom stereocenters. The zero-order valence-electron chi connectivity index (χ0n) is 8.69. The fourth-order valence-corrected chi connectivity index (χ4v) is 1.23. The third kappa shape index (κ3) is 4.42. The maximum absolute atomic E-state index is 9.38. The van der Waals surface area contributed by atoms with E-state index < -0.39 is 37.1 Å². The molecule has 1 unspecified atom stereocenters. The number of aliphatic hydroxyl groups excluding tert-OH is 6. The Morgan fingerprint density at radius 2 is 1.27 bits per heavy atom. The monoisotopic (exact) mass is 224 g/mol. The van der Waals surface area contributed by atoms with Gasteiger partial charge in [-0.25, -0.2) is 0 Å². The van der Waals surface area contributed by atoms with Gasteiger partial charge in [-0.05, 0) is 6.42 Å². The zero-order valence-corrected chi connectivity index (χ0v) is 8.69. The molecule has 6 nitrogen and oxygen atoms in total. The van der Waals surface area contributed by atoms with Gasteiger partial charge >= 0.3 is 0 Å². The first-order chi connectivity index (χ1) is 6.95. The van der Waals surface area contributed by atoms with Crippen molar-refractivity contribution in [2.24, 2.45) is 0 Å². The quantitative estimate of drug-likeness (QED) is 0.286. The fourth-order valence-electron chi connectivity index (χ4n) is 1.23. The molecule has 0 fully saturated rings. The third-order valence-electron chi connectivity index (χ3n) is 2.26. The first-order valence-corrected chi connectivity index (χ1v) is 4.96. The SMILES string of the molecule is CCCC(O)[C@H](O)[C@@H](O)[C@H](O)[C@H](O)CO. The van der Waals surface area contributed by atoms with Crippen LogP contribution in [0.1, 0.15) is 19.8 Å². The van der Waals surface area contributed by atoms with Gasteiger partial charge in [0, 0.05) is 0 Å². The van der Waals surface area contributed by atoms with Gasteiger partial charge in [-0.3, -0.25) is 0 Å². The Morgan fingerprint density at radius 3 is 1.67 bits per heavy atom. The van der Waals surface area contributed by atoms with Crippen LogP contribution in [0.4, 0.5) is 0 Å². The van der Waals surface area contributed by atoms with Crippen molar-refractivity contribution in [3.8, 4) is 0 Å². The van der Waals surface area contributed by atoms with Crippen LogP contribution >= 0.6 is 0 Å². The van der Waals surface area contributed by atoms with Crippen molar-refractivity contribution in [2.75, 3.05) is 6.61 Å². The summed E-state index contributed by atoms with van der Waals surface area (Å²) in [6, 6.07) is 0. The number of aliphatic hydroxyl groups is 6. The molecule has 15 heavy (non-hydrogen) atoms. The third-order valence-corrected chi connectivity index (χ3v) is 2.26. The predicted molar refractivity (Wildman–Crippen MR) is 52.0 cm³/mol. The first kappa shape index (κ1) is 14.8. The van der Waals surface area contributed by atoms with Gasteiger partial charge in [0.15, 0.2) is 0 Å². The van der Waals surface area contributed by atoms with Gasteiger partial charge in [0.2, 0.25) is 0 Å². The summed E-state index contributed by atoms with van der Waals surface area (Å²) < 4.78 is 0. The van der Waals surface area contributed by atoms with E-state index in [-0.39, 0.29) is 6.42 Å². The zero-order chi connectivity index (χ0) is 12.0. The molecule has 6 N–H and O–H groups in total. The summed E-state index contributed by atoms with van der Waals surface area (Å²) in [5.41, 5.74) is 0. The smallest absolute Gasteiger partial charge is 0.111 e. The summed E-state index contributed by atoms with van der Waals surface area (Å²) in [5.74, 6) is 0. The van der Waals surface area contributed by atoms with Crippen molar-refractivity contribution < 1.29 is 30.6 Å². The van der Waals surface area contributed by atoms with E-state index in [9.17, 15) is 20.4 Å². The molecule has 6 heteroatoms. The lowest BCUT2D eigenvalue weighted by atomic mass is 9.97. The lowest BCUT2D eigenvalue weighted by molar-refractivity contribution is -0.141. The minimum absolute atomic E-state index is 0.278. The Morgan fingerprint density at radius 1 is 0.800 bits per heavy atom. The van der Waals surface area contributed by atoms with Crippen LogP contribution in [-0.2, 0) is 0 Å². The van der Waals surface area contributed by atoms with Gasteiger partial charge in [0.1, 0.15) is 24.4 Å². The van der Waals surface area contributed by atoms with Gasteiger partial charge in [-0.2, -0.15) is 0 Å². The molecule has 0 aliphatic carbocycles. The van der Waals surface area contributed by atoms with Gasteiger partial charge in [-0.1, -0.05) is 13.3 Å². The molecule has 0 heterocycles. The summed E-state index contributed by atoms with van der Waals surface area (Å²) >= 11 is 0. The Bertz CT molecular complexity index is 165. The highest BCUT2D eigenvalue weighted by Crippen LogP contribution is 2.11. The molecule has 0 saturated heterocycles. The van der Waals surface area contributed by atoms with Crippen molar-refractivity contribution in [1.82, 2.24) is 0 Å². The van der Waals surface area contributed by atoms with Gasteiger partial charge in [0.25, 0.3) is 0 Å². The second kappa shape index (κ2) is 7.10. The Labute approximate surface area is 88.4 Å². The molecule has 0 spiro atoms. The molecule has 0 saturated carbocycles. The highest BCUT2D eigenvalue weighted by Gasteiger charge is 2.33. The normalized spacial score (nSPS) is 21.8. The van der Waals surface area contributed by atoms with Crippen LogP contribution in [0.25, 0.3) is 0 Å². The number of hydrogen-bond donors (Lipinski definition) is 6. The Kier molecular flexibility index (Phi) is 6.99. The highest BCUT2D eigenvalue weighted by molar-refractivity contribution is 4.84. The van der Waals surface area contributed by atoms with Crippen LogP contribution < -0.4 is 0 Å².